The number of carbonyl (C=O) groups is 3. The maximum atomic E-state index is 14.5. The highest BCUT2D eigenvalue weighted by atomic mass is 32.1. The molecule has 4 N–H and O–H groups in total. The van der Waals surface area contributed by atoms with Gasteiger partial charge in [0.25, 0.3) is 0 Å². The molecule has 322 valence electrons. The number of anilines is 1. The zero-order valence-electron chi connectivity index (χ0n) is 35.7. The summed E-state index contributed by atoms with van der Waals surface area (Å²) >= 11 is 1.19. The molecule has 1 unspecified atom stereocenters. The molecule has 5 rings (SSSR count). The summed E-state index contributed by atoms with van der Waals surface area (Å²) in [6, 6.07) is 3.42. The Labute approximate surface area is 346 Å². The molecule has 3 fully saturated rings. The molecule has 15 nitrogen and oxygen atoms in total. The normalized spacial score (nSPS) is 37.8. The number of esters is 1. The number of ketones is 2. The van der Waals surface area contributed by atoms with Crippen molar-refractivity contribution in [3.05, 3.63) is 24.0 Å². The summed E-state index contributed by atoms with van der Waals surface area (Å²) in [4.78, 5) is 59.4. The van der Waals surface area contributed by atoms with Crippen LogP contribution >= 0.6 is 11.5 Å². The molecular weight excluding hydrogens is 765 g/mol. The molecule has 3 aliphatic rings. The third-order valence-electron chi connectivity index (χ3n) is 12.9. The van der Waals surface area contributed by atoms with E-state index in [-0.39, 0.29) is 36.9 Å². The van der Waals surface area contributed by atoms with E-state index in [0.717, 1.165) is 5.56 Å². The number of nitrogens with zero attached hydrogens (tertiary/aromatic N) is 5. The number of aliphatic hydroxyl groups excluding tert-OH is 1. The van der Waals surface area contributed by atoms with Crippen molar-refractivity contribution in [1.82, 2.24) is 19.2 Å². The van der Waals surface area contributed by atoms with Gasteiger partial charge in [-0.3, -0.25) is 19.4 Å². The monoisotopic (exact) mass is 828 g/mol. The number of aliphatic hydroxyl groups is 2. The van der Waals surface area contributed by atoms with Gasteiger partial charge in [-0.25, -0.2) is 0 Å². The largest absolute Gasteiger partial charge is 0.459 e. The quantitative estimate of drug-likeness (QED) is 0.177. The lowest BCUT2D eigenvalue weighted by Gasteiger charge is -2.48. The van der Waals surface area contributed by atoms with Crippen LogP contribution in [0.15, 0.2) is 23.5 Å². The second-order valence-electron chi connectivity index (χ2n) is 17.6. The Kier molecular flexibility index (Phi) is 14.9. The summed E-state index contributed by atoms with van der Waals surface area (Å²) in [6.07, 6.45) is 0.156. The lowest BCUT2D eigenvalue weighted by Crippen LogP contribution is -2.57. The number of Topliss-reactive ketones (excluding diaryl/α,β-unsaturated/α-hetero) is 2. The number of nitrogen functional groups attached to an aromatic ring is 1. The van der Waals surface area contributed by atoms with Gasteiger partial charge in [-0.05, 0) is 109 Å². The summed E-state index contributed by atoms with van der Waals surface area (Å²) in [5.41, 5.74) is 5.31. The van der Waals surface area contributed by atoms with Crippen molar-refractivity contribution in [2.75, 3.05) is 19.8 Å². The second kappa shape index (κ2) is 18.9. The number of ether oxygens (including phenoxy) is 3. The molecule has 58 heavy (non-hydrogen) atoms. The van der Waals surface area contributed by atoms with Crippen molar-refractivity contribution in [3.8, 4) is 10.6 Å². The van der Waals surface area contributed by atoms with E-state index >= 15 is 0 Å². The van der Waals surface area contributed by atoms with Crippen molar-refractivity contribution in [2.24, 2.45) is 40.2 Å². The fourth-order valence-corrected chi connectivity index (χ4v) is 10.0. The molecule has 0 spiro atoms. The molecule has 2 aromatic rings. The van der Waals surface area contributed by atoms with Crippen LogP contribution in [0.1, 0.15) is 106 Å². The minimum absolute atomic E-state index is 0.0431. The van der Waals surface area contributed by atoms with Crippen molar-refractivity contribution in [3.63, 3.8) is 0 Å². The van der Waals surface area contributed by atoms with E-state index in [1.807, 2.05) is 65.7 Å². The predicted octanol–water partition coefficient (Wildman–Crippen LogP) is 5.22. The SMILES string of the molecule is CC[C@H]1OC(=O)[C@H](C)C(=O)[C@H](C)[C@@H](O[C@@H]2O[C@H](C)C[C@H](N(C)C)[C@H]2O)C2(C)CC/C(=N/OCc3ccc(-c4nc(N)ns4)cn3)CC[C@H]([C@@H](C)C(=O)[C@H](C)C2)[C@]1(C)O. The molecule has 0 aromatic carbocycles. The molecule has 0 radical (unpaired) electrons. The van der Waals surface area contributed by atoms with E-state index < -0.39 is 77.0 Å². The summed E-state index contributed by atoms with van der Waals surface area (Å²) < 4.78 is 23.2. The van der Waals surface area contributed by atoms with E-state index in [4.69, 9.17) is 24.8 Å². The first-order valence-corrected chi connectivity index (χ1v) is 21.4. The van der Waals surface area contributed by atoms with Crippen LogP contribution in [0.4, 0.5) is 5.95 Å². The van der Waals surface area contributed by atoms with Gasteiger partial charge in [-0.2, -0.15) is 9.36 Å². The Balaban J connectivity index is 1.57. The average molecular weight is 829 g/mol. The third-order valence-corrected chi connectivity index (χ3v) is 13.7. The molecule has 2 saturated heterocycles. The van der Waals surface area contributed by atoms with Crippen molar-refractivity contribution in [1.29, 1.82) is 0 Å². The van der Waals surface area contributed by atoms with Gasteiger partial charge >= 0.3 is 5.97 Å². The Morgan fingerprint density at radius 3 is 2.41 bits per heavy atom. The number of aromatic nitrogens is 3. The van der Waals surface area contributed by atoms with Gasteiger partial charge < -0.3 is 39.9 Å². The van der Waals surface area contributed by atoms with Crippen LogP contribution in [-0.2, 0) is 40.0 Å². The van der Waals surface area contributed by atoms with Crippen LogP contribution in [0.25, 0.3) is 10.6 Å². The molecule has 13 atom stereocenters. The molecule has 2 bridgehead atoms. The van der Waals surface area contributed by atoms with E-state index in [1.54, 1.807) is 20.0 Å². The van der Waals surface area contributed by atoms with Gasteiger partial charge in [0.15, 0.2) is 18.7 Å². The van der Waals surface area contributed by atoms with E-state index in [2.05, 4.69) is 19.5 Å². The minimum Gasteiger partial charge on any atom is -0.459 e. The number of likely N-dealkylation sites (N-methyl/N-ethyl adjacent to an activating group) is 1. The highest BCUT2D eigenvalue weighted by molar-refractivity contribution is 7.09. The summed E-state index contributed by atoms with van der Waals surface area (Å²) in [5.74, 6) is -4.81. The number of pyridine rings is 1. The van der Waals surface area contributed by atoms with E-state index in [1.165, 1.54) is 18.5 Å². The molecule has 2 aliphatic heterocycles. The molecule has 1 saturated carbocycles. The van der Waals surface area contributed by atoms with Gasteiger partial charge in [0, 0.05) is 41.5 Å². The van der Waals surface area contributed by atoms with Crippen LogP contribution in [0, 0.1) is 35.0 Å². The number of oxime groups is 1. The standard InChI is InChI=1S/C42H64N6O9S/c1-11-32-42(8,53)30-15-14-28(46-54-21-29-13-12-27(20-44-29)37-45-40(43)47-58-37)16-17-41(7,19-22(2)33(49)24(30)4)36(25(5)34(50)26(6)38(52)56-32)57-39-35(51)31(48(9)10)18-23(3)55-39/h12-13,20,22-26,30-32,35-36,39,51,53H,11,14-19,21H2,1-10H3,(H2,43,47)/b46-28+/t22-,23-,24-,25+,26-,30-,31+,32-,35-,36-,39+,41?,42+/m1/s1. The lowest BCUT2D eigenvalue weighted by molar-refractivity contribution is -0.286. The molecule has 4 heterocycles. The molecule has 0 amide bonds. The maximum Gasteiger partial charge on any atom is 0.316 e. The van der Waals surface area contributed by atoms with Gasteiger partial charge in [0.05, 0.1) is 23.6 Å². The number of hydrogen-bond acceptors (Lipinski definition) is 16. The number of hydrogen-bond donors (Lipinski definition) is 3. The van der Waals surface area contributed by atoms with Crippen LogP contribution < -0.4 is 5.73 Å². The fourth-order valence-electron chi connectivity index (χ4n) is 9.44. The first-order chi connectivity index (χ1) is 27.3. The highest BCUT2D eigenvalue weighted by Crippen LogP contribution is 2.46. The number of fused-ring (bicyclic) bond motifs is 5. The number of rotatable bonds is 8. The highest BCUT2D eigenvalue weighted by Gasteiger charge is 2.52. The first kappa shape index (κ1) is 45.7. The van der Waals surface area contributed by atoms with Gasteiger partial charge in [0.1, 0.15) is 34.5 Å². The smallest absolute Gasteiger partial charge is 0.316 e. The van der Waals surface area contributed by atoms with E-state index in [0.29, 0.717) is 54.9 Å². The Hall–Kier alpha value is -3.41. The van der Waals surface area contributed by atoms with Crippen molar-refractivity contribution in [2.45, 2.75) is 149 Å². The summed E-state index contributed by atoms with van der Waals surface area (Å²) in [5, 5.41) is 29.3. The van der Waals surface area contributed by atoms with Crippen LogP contribution in [0.5, 0.6) is 0 Å². The zero-order chi connectivity index (χ0) is 42.7. The molecule has 16 heteroatoms. The van der Waals surface area contributed by atoms with E-state index in [9.17, 15) is 24.6 Å². The Bertz CT molecular complexity index is 1770. The zero-order valence-corrected chi connectivity index (χ0v) is 36.5. The second-order valence-corrected chi connectivity index (χ2v) is 18.4. The Morgan fingerprint density at radius 1 is 1.07 bits per heavy atom. The third kappa shape index (κ3) is 10.1. The number of nitrogens with two attached hydrogens (primary N) is 1. The van der Waals surface area contributed by atoms with Gasteiger partial charge in [-0.1, -0.05) is 39.8 Å². The van der Waals surface area contributed by atoms with Crippen molar-refractivity contribution < 1.29 is 43.6 Å². The predicted molar refractivity (Wildman–Crippen MR) is 219 cm³/mol. The minimum atomic E-state index is -1.62. The average Bonchev–Trinajstić information content (AvgIpc) is 3.62. The molecular formula is C42H64N6O9S. The number of carbonyl (C=O) groups excluding carboxylic acids is 3. The van der Waals surface area contributed by atoms with Gasteiger partial charge in [0.2, 0.25) is 5.95 Å². The summed E-state index contributed by atoms with van der Waals surface area (Å²) in [6.45, 7) is 14.4. The lowest BCUT2D eigenvalue weighted by atomic mass is 9.66. The topological polar surface area (TPSA) is 209 Å². The van der Waals surface area contributed by atoms with Crippen molar-refractivity contribution >= 4 is 40.7 Å². The summed E-state index contributed by atoms with van der Waals surface area (Å²) in [7, 11) is 3.78. The Morgan fingerprint density at radius 2 is 1.79 bits per heavy atom. The molecule has 1 aliphatic carbocycles. The van der Waals surface area contributed by atoms with Crippen LogP contribution in [0.3, 0.4) is 0 Å². The maximum absolute atomic E-state index is 14.5. The first-order valence-electron chi connectivity index (χ1n) is 20.6. The molecule has 2 aromatic heterocycles. The number of cyclic esters (lactones) is 1. The van der Waals surface area contributed by atoms with Crippen LogP contribution in [0.2, 0.25) is 0 Å². The van der Waals surface area contributed by atoms with Crippen LogP contribution in [-0.4, -0.2) is 109 Å². The van der Waals surface area contributed by atoms with Gasteiger partial charge in [-0.15, -0.1) is 0 Å². The fraction of sp³-hybridized carbons (Fsp3) is 0.738.